The maximum Gasteiger partial charge on any atom is 0.0494 e. The molecular weight excluding hydrogens is 226 g/mol. The smallest absolute Gasteiger partial charge is 0.0494 e. The Morgan fingerprint density at radius 1 is 1.20 bits per heavy atom. The molecule has 0 aliphatic carbocycles. The molecule has 1 heterocycles. The molecule has 1 aromatic heterocycles. The standard InChI is InChI=1S/C12H12ClNS/c13-8-10-3-1-4-11(7-10)14-9-12-5-2-6-15-12/h1-7,14H,8-9H2. The highest BCUT2D eigenvalue weighted by Crippen LogP contribution is 2.15. The average molecular weight is 238 g/mol. The molecule has 0 spiro atoms. The molecule has 78 valence electrons. The van der Waals surface area contributed by atoms with Crippen molar-refractivity contribution in [1.29, 1.82) is 0 Å². The van der Waals surface area contributed by atoms with Gasteiger partial charge in [0.25, 0.3) is 0 Å². The molecule has 0 atom stereocenters. The number of nitrogens with one attached hydrogen (secondary N) is 1. The van der Waals surface area contributed by atoms with Crippen molar-refractivity contribution in [1.82, 2.24) is 0 Å². The van der Waals surface area contributed by atoms with Crippen molar-refractivity contribution in [2.75, 3.05) is 5.32 Å². The van der Waals surface area contributed by atoms with Crippen LogP contribution in [-0.4, -0.2) is 0 Å². The van der Waals surface area contributed by atoms with Crippen molar-refractivity contribution in [3.05, 3.63) is 52.2 Å². The third-order valence-corrected chi connectivity index (χ3v) is 3.31. The van der Waals surface area contributed by atoms with Gasteiger partial charge in [-0.25, -0.2) is 0 Å². The normalized spacial score (nSPS) is 10.2. The van der Waals surface area contributed by atoms with Crippen molar-refractivity contribution >= 4 is 28.6 Å². The van der Waals surface area contributed by atoms with Crippen LogP contribution in [0.2, 0.25) is 0 Å². The number of halogens is 1. The quantitative estimate of drug-likeness (QED) is 0.790. The van der Waals surface area contributed by atoms with Crippen LogP contribution < -0.4 is 5.32 Å². The van der Waals surface area contributed by atoms with Gasteiger partial charge in [0.15, 0.2) is 0 Å². The van der Waals surface area contributed by atoms with Gasteiger partial charge in [-0.05, 0) is 29.1 Å². The van der Waals surface area contributed by atoms with Crippen LogP contribution in [0.1, 0.15) is 10.4 Å². The third-order valence-electron chi connectivity index (χ3n) is 2.13. The fourth-order valence-electron chi connectivity index (χ4n) is 1.37. The van der Waals surface area contributed by atoms with E-state index < -0.39 is 0 Å². The molecule has 2 rings (SSSR count). The van der Waals surface area contributed by atoms with Crippen LogP contribution in [0, 0.1) is 0 Å². The zero-order valence-corrected chi connectivity index (χ0v) is 9.81. The Morgan fingerprint density at radius 2 is 2.13 bits per heavy atom. The van der Waals surface area contributed by atoms with Crippen molar-refractivity contribution < 1.29 is 0 Å². The highest BCUT2D eigenvalue weighted by molar-refractivity contribution is 7.09. The van der Waals surface area contributed by atoms with Crippen LogP contribution in [0.15, 0.2) is 41.8 Å². The predicted octanol–water partition coefficient (Wildman–Crippen LogP) is 4.10. The van der Waals surface area contributed by atoms with Gasteiger partial charge in [0.1, 0.15) is 0 Å². The molecule has 2 aromatic rings. The van der Waals surface area contributed by atoms with Crippen molar-refractivity contribution in [3.8, 4) is 0 Å². The summed E-state index contributed by atoms with van der Waals surface area (Å²) in [6.45, 7) is 0.878. The Labute approximate surface area is 98.7 Å². The Morgan fingerprint density at radius 3 is 2.87 bits per heavy atom. The lowest BCUT2D eigenvalue weighted by molar-refractivity contribution is 1.19. The minimum atomic E-state index is 0.564. The Balaban J connectivity index is 1.98. The molecule has 0 aliphatic rings. The Kier molecular flexibility index (Phi) is 3.64. The van der Waals surface area contributed by atoms with Crippen molar-refractivity contribution in [2.24, 2.45) is 0 Å². The molecule has 1 nitrogen and oxygen atoms in total. The van der Waals surface area contributed by atoms with Gasteiger partial charge in [0, 0.05) is 23.0 Å². The van der Waals surface area contributed by atoms with Crippen LogP contribution in [0.3, 0.4) is 0 Å². The summed E-state index contributed by atoms with van der Waals surface area (Å²) in [7, 11) is 0. The lowest BCUT2D eigenvalue weighted by atomic mass is 10.2. The van der Waals surface area contributed by atoms with E-state index in [1.165, 1.54) is 4.88 Å². The van der Waals surface area contributed by atoms with Crippen molar-refractivity contribution in [3.63, 3.8) is 0 Å². The van der Waals surface area contributed by atoms with Gasteiger partial charge in [0.05, 0.1) is 0 Å². The fraction of sp³-hybridized carbons (Fsp3) is 0.167. The molecule has 0 bridgehead atoms. The van der Waals surface area contributed by atoms with Crippen LogP contribution in [0.5, 0.6) is 0 Å². The molecule has 0 saturated heterocycles. The Bertz CT molecular complexity index is 411. The molecule has 1 N–H and O–H groups in total. The van der Waals surface area contributed by atoms with E-state index in [1.54, 1.807) is 11.3 Å². The fourth-order valence-corrected chi connectivity index (χ4v) is 2.18. The minimum absolute atomic E-state index is 0.564. The number of alkyl halides is 1. The van der Waals surface area contributed by atoms with Crippen LogP contribution >= 0.6 is 22.9 Å². The Hall–Kier alpha value is -0.990. The zero-order valence-electron chi connectivity index (χ0n) is 8.24. The van der Waals surface area contributed by atoms with E-state index in [-0.39, 0.29) is 0 Å². The molecular formula is C12H12ClNS. The SMILES string of the molecule is ClCc1cccc(NCc2cccs2)c1. The highest BCUT2D eigenvalue weighted by atomic mass is 35.5. The molecule has 0 unspecified atom stereocenters. The maximum absolute atomic E-state index is 5.77. The summed E-state index contributed by atoms with van der Waals surface area (Å²) in [6.07, 6.45) is 0. The summed E-state index contributed by atoms with van der Waals surface area (Å²) in [6, 6.07) is 12.4. The molecule has 3 heteroatoms. The van der Waals surface area contributed by atoms with E-state index in [0.717, 1.165) is 17.8 Å². The summed E-state index contributed by atoms with van der Waals surface area (Å²) in [4.78, 5) is 1.34. The van der Waals surface area contributed by atoms with Gasteiger partial charge in [-0.3, -0.25) is 0 Å². The number of hydrogen-bond acceptors (Lipinski definition) is 2. The maximum atomic E-state index is 5.77. The largest absolute Gasteiger partial charge is 0.380 e. The van der Waals surface area contributed by atoms with E-state index >= 15 is 0 Å². The first-order valence-corrected chi connectivity index (χ1v) is 6.21. The molecule has 0 radical (unpaired) electrons. The summed E-state index contributed by atoms with van der Waals surface area (Å²) in [5.74, 6) is 0.564. The summed E-state index contributed by atoms with van der Waals surface area (Å²) >= 11 is 7.54. The summed E-state index contributed by atoms with van der Waals surface area (Å²) in [5, 5.41) is 5.46. The first-order valence-electron chi connectivity index (χ1n) is 4.79. The first-order chi connectivity index (χ1) is 7.38. The number of hydrogen-bond donors (Lipinski definition) is 1. The van der Waals surface area contributed by atoms with Crippen LogP contribution in [0.4, 0.5) is 5.69 Å². The first kappa shape index (κ1) is 10.5. The van der Waals surface area contributed by atoms with Gasteiger partial charge >= 0.3 is 0 Å². The summed E-state index contributed by atoms with van der Waals surface area (Å²) in [5.41, 5.74) is 2.27. The van der Waals surface area contributed by atoms with E-state index in [4.69, 9.17) is 11.6 Å². The molecule has 15 heavy (non-hydrogen) atoms. The molecule has 0 fully saturated rings. The van der Waals surface area contributed by atoms with E-state index in [2.05, 4.69) is 35.0 Å². The monoisotopic (exact) mass is 237 g/mol. The number of anilines is 1. The van der Waals surface area contributed by atoms with Crippen LogP contribution in [0.25, 0.3) is 0 Å². The lowest BCUT2D eigenvalue weighted by Crippen LogP contribution is -1.97. The van der Waals surface area contributed by atoms with E-state index in [1.807, 2.05) is 12.1 Å². The van der Waals surface area contributed by atoms with E-state index in [9.17, 15) is 0 Å². The summed E-state index contributed by atoms with van der Waals surface area (Å²) < 4.78 is 0. The van der Waals surface area contributed by atoms with E-state index in [0.29, 0.717) is 5.88 Å². The van der Waals surface area contributed by atoms with Gasteiger partial charge in [-0.2, -0.15) is 0 Å². The predicted molar refractivity (Wildman–Crippen MR) is 67.6 cm³/mol. The average Bonchev–Trinajstić information content (AvgIpc) is 2.79. The molecule has 0 amide bonds. The highest BCUT2D eigenvalue weighted by Gasteiger charge is 1.96. The number of benzene rings is 1. The molecule has 0 saturated carbocycles. The minimum Gasteiger partial charge on any atom is -0.380 e. The number of thiophene rings is 1. The lowest BCUT2D eigenvalue weighted by Gasteiger charge is -2.05. The third kappa shape index (κ3) is 2.98. The van der Waals surface area contributed by atoms with Crippen molar-refractivity contribution in [2.45, 2.75) is 12.4 Å². The molecule has 1 aromatic carbocycles. The van der Waals surface area contributed by atoms with Gasteiger partial charge in [0.2, 0.25) is 0 Å². The second-order valence-electron chi connectivity index (χ2n) is 3.27. The topological polar surface area (TPSA) is 12.0 Å². The van der Waals surface area contributed by atoms with Crippen LogP contribution in [-0.2, 0) is 12.4 Å². The number of rotatable bonds is 4. The second kappa shape index (κ2) is 5.19. The van der Waals surface area contributed by atoms with Gasteiger partial charge in [-0.1, -0.05) is 18.2 Å². The zero-order chi connectivity index (χ0) is 10.5. The van der Waals surface area contributed by atoms with Gasteiger partial charge < -0.3 is 5.32 Å². The second-order valence-corrected chi connectivity index (χ2v) is 4.57. The van der Waals surface area contributed by atoms with Gasteiger partial charge in [-0.15, -0.1) is 22.9 Å². The molecule has 0 aliphatic heterocycles.